The minimum absolute atomic E-state index is 0.0651. The maximum atomic E-state index is 5.89. The first kappa shape index (κ1) is 13.0. The molecule has 5 heteroatoms. The van der Waals surface area contributed by atoms with Gasteiger partial charge in [-0.1, -0.05) is 0 Å². The second-order valence-corrected chi connectivity index (χ2v) is 6.24. The molecule has 1 unspecified atom stereocenters. The maximum absolute atomic E-state index is 5.89. The molecule has 0 aliphatic carbocycles. The van der Waals surface area contributed by atoms with E-state index in [0.717, 1.165) is 30.3 Å². The van der Waals surface area contributed by atoms with E-state index in [9.17, 15) is 0 Å². The molecule has 0 radical (unpaired) electrons. The van der Waals surface area contributed by atoms with Gasteiger partial charge in [-0.15, -0.1) is 11.3 Å². The SMILES string of the molecule is CC1CN(Cc2csc(CN)n2)CC(C)(C)O1. The molecule has 2 N–H and O–H groups in total. The Morgan fingerprint density at radius 3 is 3.00 bits per heavy atom. The molecule has 0 amide bonds. The van der Waals surface area contributed by atoms with E-state index in [1.165, 1.54) is 0 Å². The predicted molar refractivity (Wildman–Crippen MR) is 69.9 cm³/mol. The standard InChI is InChI=1S/C12H21N3OS/c1-9-5-15(8-12(2,3)16-9)6-10-7-17-11(4-13)14-10/h7,9H,4-6,8,13H2,1-3H3. The molecule has 0 bridgehead atoms. The third kappa shape index (κ3) is 3.48. The zero-order chi connectivity index (χ0) is 12.5. The first-order valence-electron chi connectivity index (χ1n) is 6.02. The van der Waals surface area contributed by atoms with Gasteiger partial charge < -0.3 is 10.5 Å². The van der Waals surface area contributed by atoms with Crippen LogP contribution in [0.4, 0.5) is 0 Å². The van der Waals surface area contributed by atoms with Crippen LogP contribution < -0.4 is 5.73 Å². The smallest absolute Gasteiger partial charge is 0.106 e. The largest absolute Gasteiger partial charge is 0.370 e. The van der Waals surface area contributed by atoms with Gasteiger partial charge in [0.1, 0.15) is 5.01 Å². The summed E-state index contributed by atoms with van der Waals surface area (Å²) in [7, 11) is 0. The van der Waals surface area contributed by atoms with Crippen molar-refractivity contribution >= 4 is 11.3 Å². The molecule has 0 spiro atoms. The Bertz CT molecular complexity index is 378. The molecular weight excluding hydrogens is 234 g/mol. The minimum Gasteiger partial charge on any atom is -0.370 e. The molecule has 1 aromatic heterocycles. The third-order valence-electron chi connectivity index (χ3n) is 2.80. The van der Waals surface area contributed by atoms with Crippen LogP contribution in [0, 0.1) is 0 Å². The van der Waals surface area contributed by atoms with Gasteiger partial charge in [0.25, 0.3) is 0 Å². The Morgan fingerprint density at radius 1 is 1.65 bits per heavy atom. The van der Waals surface area contributed by atoms with E-state index in [1.54, 1.807) is 11.3 Å². The lowest BCUT2D eigenvalue weighted by molar-refractivity contribution is -0.130. The van der Waals surface area contributed by atoms with Crippen LogP contribution in [-0.4, -0.2) is 34.7 Å². The predicted octanol–water partition coefficient (Wildman–Crippen LogP) is 1.60. The van der Waals surface area contributed by atoms with E-state index in [0.29, 0.717) is 6.54 Å². The summed E-state index contributed by atoms with van der Waals surface area (Å²) in [6.07, 6.45) is 0.284. The van der Waals surface area contributed by atoms with Crippen LogP contribution in [0.5, 0.6) is 0 Å². The second kappa shape index (κ2) is 5.02. The molecule has 1 atom stereocenters. The Labute approximate surface area is 107 Å². The molecule has 1 saturated heterocycles. The summed E-state index contributed by atoms with van der Waals surface area (Å²) in [5.74, 6) is 0. The highest BCUT2D eigenvalue weighted by Gasteiger charge is 2.31. The highest BCUT2D eigenvalue weighted by molar-refractivity contribution is 7.09. The molecular formula is C12H21N3OS. The zero-order valence-corrected chi connectivity index (χ0v) is 11.6. The minimum atomic E-state index is -0.0651. The number of morpholine rings is 1. The van der Waals surface area contributed by atoms with E-state index in [1.807, 2.05) is 0 Å². The number of hydrogen-bond acceptors (Lipinski definition) is 5. The first-order valence-corrected chi connectivity index (χ1v) is 6.90. The molecule has 0 saturated carbocycles. The number of nitrogens with two attached hydrogens (primary N) is 1. The van der Waals surface area contributed by atoms with E-state index < -0.39 is 0 Å². The van der Waals surface area contributed by atoms with Crippen molar-refractivity contribution in [1.29, 1.82) is 0 Å². The number of aromatic nitrogens is 1. The summed E-state index contributed by atoms with van der Waals surface area (Å²) in [6, 6.07) is 0. The number of hydrogen-bond donors (Lipinski definition) is 1. The third-order valence-corrected chi connectivity index (χ3v) is 3.72. The van der Waals surface area contributed by atoms with Crippen LogP contribution in [0.1, 0.15) is 31.5 Å². The van der Waals surface area contributed by atoms with E-state index >= 15 is 0 Å². The Morgan fingerprint density at radius 2 is 2.41 bits per heavy atom. The fraction of sp³-hybridized carbons (Fsp3) is 0.750. The number of ether oxygens (including phenoxy) is 1. The Balaban J connectivity index is 1.98. The normalized spacial score (nSPS) is 25.1. The second-order valence-electron chi connectivity index (χ2n) is 5.29. The topological polar surface area (TPSA) is 51.4 Å². The summed E-state index contributed by atoms with van der Waals surface area (Å²) in [5.41, 5.74) is 6.64. The number of nitrogens with zero attached hydrogens (tertiary/aromatic N) is 2. The van der Waals surface area contributed by atoms with Gasteiger partial charge in [0, 0.05) is 31.6 Å². The number of thiazole rings is 1. The van der Waals surface area contributed by atoms with Crippen LogP contribution in [0.2, 0.25) is 0 Å². The van der Waals surface area contributed by atoms with Gasteiger partial charge in [0.05, 0.1) is 17.4 Å². The molecule has 1 fully saturated rings. The van der Waals surface area contributed by atoms with Gasteiger partial charge in [-0.25, -0.2) is 4.98 Å². The lowest BCUT2D eigenvalue weighted by Crippen LogP contribution is -2.51. The summed E-state index contributed by atoms with van der Waals surface area (Å²) in [4.78, 5) is 6.91. The molecule has 1 aliphatic heterocycles. The van der Waals surface area contributed by atoms with Gasteiger partial charge in [0.15, 0.2) is 0 Å². The van der Waals surface area contributed by atoms with E-state index in [2.05, 4.69) is 36.0 Å². The highest BCUT2D eigenvalue weighted by atomic mass is 32.1. The van der Waals surface area contributed by atoms with Crippen molar-refractivity contribution in [2.75, 3.05) is 13.1 Å². The number of rotatable bonds is 3. The van der Waals surface area contributed by atoms with Crippen LogP contribution in [0.3, 0.4) is 0 Å². The van der Waals surface area contributed by atoms with Crippen molar-refractivity contribution in [3.8, 4) is 0 Å². The summed E-state index contributed by atoms with van der Waals surface area (Å²) in [5, 5.41) is 3.12. The van der Waals surface area contributed by atoms with Gasteiger partial charge >= 0.3 is 0 Å². The summed E-state index contributed by atoms with van der Waals surface area (Å²) < 4.78 is 5.89. The molecule has 2 rings (SSSR count). The van der Waals surface area contributed by atoms with Crippen molar-refractivity contribution in [1.82, 2.24) is 9.88 Å². The summed E-state index contributed by atoms with van der Waals surface area (Å²) in [6.45, 7) is 9.76. The lowest BCUT2D eigenvalue weighted by Gasteiger charge is -2.41. The summed E-state index contributed by atoms with van der Waals surface area (Å²) >= 11 is 1.64. The van der Waals surface area contributed by atoms with E-state index in [-0.39, 0.29) is 11.7 Å². The fourth-order valence-electron chi connectivity index (χ4n) is 2.45. The average Bonchev–Trinajstić information content (AvgIpc) is 2.62. The van der Waals surface area contributed by atoms with Crippen molar-refractivity contribution in [3.63, 3.8) is 0 Å². The van der Waals surface area contributed by atoms with E-state index in [4.69, 9.17) is 10.5 Å². The van der Waals surface area contributed by atoms with Gasteiger partial charge in [-0.3, -0.25) is 4.90 Å². The zero-order valence-electron chi connectivity index (χ0n) is 10.8. The van der Waals surface area contributed by atoms with Gasteiger partial charge in [-0.2, -0.15) is 0 Å². The monoisotopic (exact) mass is 255 g/mol. The van der Waals surface area contributed by atoms with Crippen LogP contribution >= 0.6 is 11.3 Å². The lowest BCUT2D eigenvalue weighted by atomic mass is 10.1. The average molecular weight is 255 g/mol. The molecule has 4 nitrogen and oxygen atoms in total. The van der Waals surface area contributed by atoms with Crippen LogP contribution in [0.15, 0.2) is 5.38 Å². The molecule has 1 aliphatic rings. The first-order chi connectivity index (χ1) is 7.98. The van der Waals surface area contributed by atoms with Crippen molar-refractivity contribution in [2.45, 2.75) is 45.6 Å². The van der Waals surface area contributed by atoms with Crippen molar-refractivity contribution < 1.29 is 4.74 Å². The van der Waals surface area contributed by atoms with Crippen molar-refractivity contribution in [3.05, 3.63) is 16.1 Å². The molecule has 96 valence electrons. The maximum Gasteiger partial charge on any atom is 0.106 e. The van der Waals surface area contributed by atoms with Gasteiger partial charge in [-0.05, 0) is 20.8 Å². The molecule has 0 aromatic carbocycles. The molecule has 1 aromatic rings. The Hall–Kier alpha value is -0.490. The van der Waals surface area contributed by atoms with Crippen LogP contribution in [-0.2, 0) is 17.8 Å². The molecule has 17 heavy (non-hydrogen) atoms. The highest BCUT2D eigenvalue weighted by Crippen LogP contribution is 2.22. The fourth-order valence-corrected chi connectivity index (χ4v) is 3.12. The van der Waals surface area contributed by atoms with Gasteiger partial charge in [0.2, 0.25) is 0 Å². The van der Waals surface area contributed by atoms with Crippen LogP contribution in [0.25, 0.3) is 0 Å². The molecule has 2 heterocycles. The quantitative estimate of drug-likeness (QED) is 0.891. The van der Waals surface area contributed by atoms with Crippen molar-refractivity contribution in [2.24, 2.45) is 5.73 Å². The Kier molecular flexibility index (Phi) is 3.82.